The number of nitrogens with zero attached hydrogens (tertiary/aromatic N) is 1. The van der Waals surface area contributed by atoms with Crippen LogP contribution in [0.3, 0.4) is 0 Å². The highest BCUT2D eigenvalue weighted by Crippen LogP contribution is 2.17. The number of carbonyl (C=O) groups is 1. The average molecular weight is 269 g/mol. The zero-order valence-corrected chi connectivity index (χ0v) is 12.2. The molecule has 110 valence electrons. The van der Waals surface area contributed by atoms with Gasteiger partial charge in [0.15, 0.2) is 0 Å². The zero-order valence-electron chi connectivity index (χ0n) is 12.2. The zero-order chi connectivity index (χ0) is 13.7. The van der Waals surface area contributed by atoms with Gasteiger partial charge in [0.1, 0.15) is 0 Å². The molecule has 0 spiro atoms. The van der Waals surface area contributed by atoms with Crippen molar-refractivity contribution in [2.45, 2.75) is 25.8 Å². The van der Waals surface area contributed by atoms with Crippen LogP contribution in [-0.4, -0.2) is 63.3 Å². The van der Waals surface area contributed by atoms with E-state index < -0.39 is 0 Å². The lowest BCUT2D eigenvalue weighted by atomic mass is 9.96. The van der Waals surface area contributed by atoms with Crippen molar-refractivity contribution >= 4 is 5.91 Å². The van der Waals surface area contributed by atoms with Gasteiger partial charge in [-0.05, 0) is 45.4 Å². The highest BCUT2D eigenvalue weighted by atomic mass is 16.5. The van der Waals surface area contributed by atoms with Crippen molar-refractivity contribution in [2.75, 3.05) is 46.4 Å². The van der Waals surface area contributed by atoms with Gasteiger partial charge in [0.25, 0.3) is 0 Å². The van der Waals surface area contributed by atoms with Gasteiger partial charge < -0.3 is 20.3 Å². The topological polar surface area (TPSA) is 53.6 Å². The highest BCUT2D eigenvalue weighted by molar-refractivity contribution is 5.79. The van der Waals surface area contributed by atoms with Crippen LogP contribution in [0.25, 0.3) is 0 Å². The summed E-state index contributed by atoms with van der Waals surface area (Å²) >= 11 is 0. The number of likely N-dealkylation sites (N-methyl/N-ethyl adjacent to an activating group) is 1. The summed E-state index contributed by atoms with van der Waals surface area (Å²) in [5.74, 6) is 0.772. The lowest BCUT2D eigenvalue weighted by Crippen LogP contribution is -2.45. The Labute approximate surface area is 116 Å². The SMILES string of the molecule is CCNC1COCC1C(=O)NCC1CCN(C)CC1. The molecule has 2 atom stereocenters. The van der Waals surface area contributed by atoms with Gasteiger partial charge >= 0.3 is 0 Å². The minimum absolute atomic E-state index is 0.0220. The number of rotatable bonds is 5. The Morgan fingerprint density at radius 3 is 2.74 bits per heavy atom. The Morgan fingerprint density at radius 1 is 1.32 bits per heavy atom. The van der Waals surface area contributed by atoms with Crippen molar-refractivity contribution in [3.8, 4) is 0 Å². The van der Waals surface area contributed by atoms with Gasteiger partial charge in [0.05, 0.1) is 19.1 Å². The summed E-state index contributed by atoms with van der Waals surface area (Å²) in [5.41, 5.74) is 0. The van der Waals surface area contributed by atoms with E-state index in [4.69, 9.17) is 4.74 Å². The molecule has 0 aromatic rings. The van der Waals surface area contributed by atoms with Crippen LogP contribution in [-0.2, 0) is 9.53 Å². The summed E-state index contributed by atoms with van der Waals surface area (Å²) in [4.78, 5) is 14.5. The van der Waals surface area contributed by atoms with E-state index in [1.165, 1.54) is 12.8 Å². The van der Waals surface area contributed by atoms with Crippen molar-refractivity contribution < 1.29 is 9.53 Å². The molecule has 5 heteroatoms. The second-order valence-electron chi connectivity index (χ2n) is 5.80. The number of amides is 1. The largest absolute Gasteiger partial charge is 0.379 e. The fraction of sp³-hybridized carbons (Fsp3) is 0.929. The highest BCUT2D eigenvalue weighted by Gasteiger charge is 2.33. The van der Waals surface area contributed by atoms with E-state index in [2.05, 4.69) is 29.5 Å². The first-order valence-corrected chi connectivity index (χ1v) is 7.48. The van der Waals surface area contributed by atoms with Gasteiger partial charge in [-0.2, -0.15) is 0 Å². The molecule has 2 aliphatic heterocycles. The molecule has 0 aromatic heterocycles. The van der Waals surface area contributed by atoms with Crippen LogP contribution in [0.4, 0.5) is 0 Å². The van der Waals surface area contributed by atoms with Crippen LogP contribution in [0.2, 0.25) is 0 Å². The second kappa shape index (κ2) is 7.22. The molecule has 5 nitrogen and oxygen atoms in total. The first kappa shape index (κ1) is 14.8. The predicted octanol–water partition coefficient (Wildman–Crippen LogP) is 0.0689. The summed E-state index contributed by atoms with van der Waals surface area (Å²) in [6, 6.07) is 0.183. The van der Waals surface area contributed by atoms with Gasteiger partial charge in [-0.3, -0.25) is 4.79 Å². The molecular weight excluding hydrogens is 242 g/mol. The predicted molar refractivity (Wildman–Crippen MR) is 75.0 cm³/mol. The molecular formula is C14H27N3O2. The number of piperidine rings is 1. The number of hydrogen-bond donors (Lipinski definition) is 2. The Kier molecular flexibility index (Phi) is 5.60. The second-order valence-corrected chi connectivity index (χ2v) is 5.80. The van der Waals surface area contributed by atoms with Crippen LogP contribution in [0.5, 0.6) is 0 Å². The molecule has 2 saturated heterocycles. The van der Waals surface area contributed by atoms with E-state index in [1.54, 1.807) is 0 Å². The molecule has 1 amide bonds. The lowest BCUT2D eigenvalue weighted by molar-refractivity contribution is -0.125. The summed E-state index contributed by atoms with van der Waals surface area (Å²) in [5, 5.41) is 6.45. The average Bonchev–Trinajstić information content (AvgIpc) is 2.86. The summed E-state index contributed by atoms with van der Waals surface area (Å²) in [6.45, 7) is 7.26. The molecule has 2 unspecified atom stereocenters. The van der Waals surface area contributed by atoms with E-state index in [-0.39, 0.29) is 17.9 Å². The van der Waals surface area contributed by atoms with Crippen molar-refractivity contribution in [3.63, 3.8) is 0 Å². The number of likely N-dealkylation sites (tertiary alicyclic amines) is 1. The summed E-state index contributed by atoms with van der Waals surface area (Å²) < 4.78 is 5.42. The van der Waals surface area contributed by atoms with Crippen LogP contribution < -0.4 is 10.6 Å². The minimum Gasteiger partial charge on any atom is -0.379 e. The third-order valence-electron chi connectivity index (χ3n) is 4.29. The summed E-state index contributed by atoms with van der Waals surface area (Å²) in [6.07, 6.45) is 2.38. The Hall–Kier alpha value is -0.650. The van der Waals surface area contributed by atoms with E-state index in [1.807, 2.05) is 0 Å². The lowest BCUT2D eigenvalue weighted by Gasteiger charge is -2.29. The van der Waals surface area contributed by atoms with E-state index in [0.717, 1.165) is 26.2 Å². The number of carbonyl (C=O) groups excluding carboxylic acids is 1. The maximum atomic E-state index is 12.2. The number of hydrogen-bond acceptors (Lipinski definition) is 4. The standard InChI is InChI=1S/C14H27N3O2/c1-3-15-13-10-19-9-12(13)14(18)16-8-11-4-6-17(2)7-5-11/h11-13,15H,3-10H2,1-2H3,(H,16,18). The fourth-order valence-corrected chi connectivity index (χ4v) is 2.92. The first-order chi connectivity index (χ1) is 9.20. The molecule has 2 N–H and O–H groups in total. The molecule has 0 saturated carbocycles. The molecule has 0 radical (unpaired) electrons. The van der Waals surface area contributed by atoms with Crippen molar-refractivity contribution in [1.82, 2.24) is 15.5 Å². The maximum Gasteiger partial charge on any atom is 0.227 e. The van der Waals surface area contributed by atoms with Crippen LogP contribution >= 0.6 is 0 Å². The van der Waals surface area contributed by atoms with E-state index in [9.17, 15) is 4.79 Å². The Morgan fingerprint density at radius 2 is 2.05 bits per heavy atom. The minimum atomic E-state index is -0.0220. The molecule has 2 rings (SSSR count). The number of nitrogens with one attached hydrogen (secondary N) is 2. The van der Waals surface area contributed by atoms with Gasteiger partial charge in [-0.1, -0.05) is 6.92 Å². The van der Waals surface area contributed by atoms with Gasteiger partial charge in [-0.25, -0.2) is 0 Å². The van der Waals surface area contributed by atoms with E-state index in [0.29, 0.717) is 19.1 Å². The third kappa shape index (κ3) is 4.16. The number of ether oxygens (including phenoxy) is 1. The van der Waals surface area contributed by atoms with Gasteiger partial charge in [-0.15, -0.1) is 0 Å². The Balaban J connectivity index is 1.71. The van der Waals surface area contributed by atoms with E-state index >= 15 is 0 Å². The fourth-order valence-electron chi connectivity index (χ4n) is 2.92. The van der Waals surface area contributed by atoms with Crippen LogP contribution in [0.1, 0.15) is 19.8 Å². The van der Waals surface area contributed by atoms with Crippen molar-refractivity contribution in [3.05, 3.63) is 0 Å². The van der Waals surface area contributed by atoms with Crippen molar-refractivity contribution in [2.24, 2.45) is 11.8 Å². The molecule has 0 aliphatic carbocycles. The molecule has 0 aromatic carbocycles. The quantitative estimate of drug-likeness (QED) is 0.741. The molecule has 2 heterocycles. The Bertz CT molecular complexity index is 290. The van der Waals surface area contributed by atoms with Gasteiger partial charge in [0.2, 0.25) is 5.91 Å². The maximum absolute atomic E-state index is 12.2. The van der Waals surface area contributed by atoms with Crippen molar-refractivity contribution in [1.29, 1.82) is 0 Å². The van der Waals surface area contributed by atoms with Gasteiger partial charge in [0, 0.05) is 12.6 Å². The molecule has 19 heavy (non-hydrogen) atoms. The third-order valence-corrected chi connectivity index (χ3v) is 4.29. The van der Waals surface area contributed by atoms with Crippen LogP contribution in [0.15, 0.2) is 0 Å². The monoisotopic (exact) mass is 269 g/mol. The molecule has 2 aliphatic rings. The molecule has 0 bridgehead atoms. The van der Waals surface area contributed by atoms with Crippen LogP contribution in [0, 0.1) is 11.8 Å². The first-order valence-electron chi connectivity index (χ1n) is 7.48. The molecule has 2 fully saturated rings. The normalized spacial score (nSPS) is 29.6. The smallest absolute Gasteiger partial charge is 0.227 e. The summed E-state index contributed by atoms with van der Waals surface area (Å²) in [7, 11) is 2.16.